The quantitative estimate of drug-likeness (QED) is 0.898. The molecule has 0 saturated carbocycles. The number of nitrogens with one attached hydrogen (secondary N) is 1. The lowest BCUT2D eigenvalue weighted by Crippen LogP contribution is -2.46. The lowest BCUT2D eigenvalue weighted by molar-refractivity contribution is -0.138. The summed E-state index contributed by atoms with van der Waals surface area (Å²) in [4.78, 5) is 30.7. The van der Waals surface area contributed by atoms with E-state index in [4.69, 9.17) is 5.11 Å². The van der Waals surface area contributed by atoms with E-state index in [1.165, 1.54) is 4.88 Å². The number of urea groups is 1. The van der Waals surface area contributed by atoms with Crippen LogP contribution in [-0.2, 0) is 17.6 Å². The van der Waals surface area contributed by atoms with E-state index in [1.54, 1.807) is 16.2 Å². The summed E-state index contributed by atoms with van der Waals surface area (Å²) in [6.07, 6.45) is 5.87. The van der Waals surface area contributed by atoms with Crippen LogP contribution < -0.4 is 5.32 Å². The van der Waals surface area contributed by atoms with Gasteiger partial charge in [-0.3, -0.25) is 10.1 Å². The topological polar surface area (TPSA) is 82.5 Å². The third kappa shape index (κ3) is 3.18. The van der Waals surface area contributed by atoms with E-state index >= 15 is 0 Å². The molecule has 0 aromatic carbocycles. The number of piperidine rings is 1. The number of aliphatic carboxylic acids is 1. The first-order valence-corrected chi connectivity index (χ1v) is 8.23. The maximum atomic E-state index is 12.4. The van der Waals surface area contributed by atoms with Gasteiger partial charge in [-0.25, -0.2) is 9.78 Å². The van der Waals surface area contributed by atoms with Gasteiger partial charge < -0.3 is 10.0 Å². The third-order valence-electron chi connectivity index (χ3n) is 4.11. The Morgan fingerprint density at radius 3 is 2.95 bits per heavy atom. The van der Waals surface area contributed by atoms with Crippen LogP contribution in [0.4, 0.5) is 9.93 Å². The number of hydrogen-bond acceptors (Lipinski definition) is 4. The second kappa shape index (κ2) is 6.01. The number of carbonyl (C=O) groups is 2. The molecule has 3 rings (SSSR count). The Bertz CT molecular complexity index is 536. The van der Waals surface area contributed by atoms with Crippen molar-refractivity contribution in [1.82, 2.24) is 9.88 Å². The molecular formula is C14H19N3O3S. The van der Waals surface area contributed by atoms with Gasteiger partial charge in [-0.1, -0.05) is 0 Å². The van der Waals surface area contributed by atoms with Crippen molar-refractivity contribution in [3.05, 3.63) is 10.6 Å². The van der Waals surface area contributed by atoms with E-state index in [9.17, 15) is 9.59 Å². The van der Waals surface area contributed by atoms with Gasteiger partial charge in [-0.2, -0.15) is 0 Å². The van der Waals surface area contributed by atoms with Gasteiger partial charge in [-0.15, -0.1) is 11.3 Å². The number of aryl methyl sites for hydroxylation is 2. The molecule has 1 aliphatic carbocycles. The summed E-state index contributed by atoms with van der Waals surface area (Å²) < 4.78 is 0. The second-order valence-corrected chi connectivity index (χ2v) is 6.70. The minimum absolute atomic E-state index is 0.0157. The minimum atomic E-state index is -0.854. The molecule has 0 bridgehead atoms. The van der Waals surface area contributed by atoms with E-state index in [-0.39, 0.29) is 18.5 Å². The molecule has 0 radical (unpaired) electrons. The standard InChI is InChI=1S/C14H19N3O3S/c18-12(19)8-9-4-1-2-7-17(9)14(20)16-13-15-10-5-3-6-11(10)21-13/h9H,1-8H2,(H,18,19)(H,15,16,20). The van der Waals surface area contributed by atoms with Gasteiger partial charge in [0.1, 0.15) is 0 Å². The van der Waals surface area contributed by atoms with Gasteiger partial charge in [0.25, 0.3) is 0 Å². The number of aromatic nitrogens is 1. The Kier molecular flexibility index (Phi) is 4.10. The summed E-state index contributed by atoms with van der Waals surface area (Å²) in [5, 5.41) is 12.5. The number of fused-ring (bicyclic) bond motifs is 1. The van der Waals surface area contributed by atoms with Crippen LogP contribution in [0.25, 0.3) is 0 Å². The highest BCUT2D eigenvalue weighted by Crippen LogP contribution is 2.31. The molecule has 2 aliphatic rings. The number of nitrogens with zero attached hydrogens (tertiary/aromatic N) is 2. The first kappa shape index (κ1) is 14.3. The van der Waals surface area contributed by atoms with Crippen LogP contribution >= 0.6 is 11.3 Å². The number of carbonyl (C=O) groups excluding carboxylic acids is 1. The predicted octanol–water partition coefficient (Wildman–Crippen LogP) is 2.49. The molecule has 7 heteroatoms. The monoisotopic (exact) mass is 309 g/mol. The van der Waals surface area contributed by atoms with Gasteiger partial charge in [0, 0.05) is 17.5 Å². The van der Waals surface area contributed by atoms with Crippen LogP contribution in [-0.4, -0.2) is 39.6 Å². The van der Waals surface area contributed by atoms with Crippen LogP contribution in [0.2, 0.25) is 0 Å². The van der Waals surface area contributed by atoms with Crippen molar-refractivity contribution in [3.8, 4) is 0 Å². The van der Waals surface area contributed by atoms with Crippen molar-refractivity contribution < 1.29 is 14.7 Å². The molecule has 2 heterocycles. The van der Waals surface area contributed by atoms with Gasteiger partial charge in [0.15, 0.2) is 5.13 Å². The van der Waals surface area contributed by atoms with Crippen LogP contribution in [0.3, 0.4) is 0 Å². The Balaban J connectivity index is 1.66. The number of carboxylic acid groups (broad SMARTS) is 1. The summed E-state index contributed by atoms with van der Waals surface area (Å²) in [5.41, 5.74) is 1.11. The van der Waals surface area contributed by atoms with Gasteiger partial charge in [-0.05, 0) is 38.5 Å². The number of rotatable bonds is 3. The Labute approximate surface area is 127 Å². The summed E-state index contributed by atoms with van der Waals surface area (Å²) in [5.74, 6) is -0.854. The molecule has 1 atom stereocenters. The molecular weight excluding hydrogens is 290 g/mol. The van der Waals surface area contributed by atoms with Crippen molar-refractivity contribution >= 4 is 28.5 Å². The SMILES string of the molecule is O=C(O)CC1CCCCN1C(=O)Nc1nc2c(s1)CCC2. The van der Waals surface area contributed by atoms with Crippen LogP contribution in [0.1, 0.15) is 42.7 Å². The van der Waals surface area contributed by atoms with Crippen LogP contribution in [0.15, 0.2) is 0 Å². The molecule has 1 fully saturated rings. The first-order chi connectivity index (χ1) is 10.1. The Morgan fingerprint density at radius 2 is 2.19 bits per heavy atom. The average Bonchev–Trinajstić information content (AvgIpc) is 2.99. The number of carboxylic acids is 1. The molecule has 1 saturated heterocycles. The highest BCUT2D eigenvalue weighted by molar-refractivity contribution is 7.15. The molecule has 6 nitrogen and oxygen atoms in total. The number of anilines is 1. The molecule has 2 amide bonds. The summed E-state index contributed by atoms with van der Waals surface area (Å²) >= 11 is 1.54. The lowest BCUT2D eigenvalue weighted by atomic mass is 10.00. The molecule has 1 aromatic heterocycles. The molecule has 2 N–H and O–H groups in total. The Morgan fingerprint density at radius 1 is 1.33 bits per heavy atom. The molecule has 1 aromatic rings. The van der Waals surface area contributed by atoms with E-state index < -0.39 is 5.97 Å². The zero-order valence-corrected chi connectivity index (χ0v) is 12.6. The van der Waals surface area contributed by atoms with Gasteiger partial charge in [0.05, 0.1) is 12.1 Å². The highest BCUT2D eigenvalue weighted by atomic mass is 32.1. The van der Waals surface area contributed by atoms with Crippen molar-refractivity contribution in [3.63, 3.8) is 0 Å². The average molecular weight is 309 g/mol. The molecule has 0 spiro atoms. The maximum Gasteiger partial charge on any atom is 0.323 e. The number of hydrogen-bond donors (Lipinski definition) is 2. The van der Waals surface area contributed by atoms with E-state index in [0.29, 0.717) is 11.7 Å². The summed E-state index contributed by atoms with van der Waals surface area (Å²) in [6, 6.07) is -0.420. The first-order valence-electron chi connectivity index (χ1n) is 7.41. The zero-order valence-electron chi connectivity index (χ0n) is 11.8. The maximum absolute atomic E-state index is 12.4. The summed E-state index contributed by atoms with van der Waals surface area (Å²) in [7, 11) is 0. The second-order valence-electron chi connectivity index (χ2n) is 5.61. The largest absolute Gasteiger partial charge is 0.481 e. The van der Waals surface area contributed by atoms with Crippen LogP contribution in [0, 0.1) is 0 Å². The summed E-state index contributed by atoms with van der Waals surface area (Å²) in [6.45, 7) is 0.620. The zero-order chi connectivity index (χ0) is 14.8. The smallest absolute Gasteiger partial charge is 0.323 e. The fourth-order valence-electron chi connectivity index (χ4n) is 3.09. The number of thiazole rings is 1. The normalized spacial score (nSPS) is 21.1. The Hall–Kier alpha value is -1.63. The van der Waals surface area contributed by atoms with Crippen molar-refractivity contribution in [2.75, 3.05) is 11.9 Å². The molecule has 114 valence electrons. The highest BCUT2D eigenvalue weighted by Gasteiger charge is 2.29. The van der Waals surface area contributed by atoms with Crippen molar-refractivity contribution in [1.29, 1.82) is 0 Å². The van der Waals surface area contributed by atoms with Crippen LogP contribution in [0.5, 0.6) is 0 Å². The predicted molar refractivity (Wildman–Crippen MR) is 79.8 cm³/mol. The fourth-order valence-corrected chi connectivity index (χ4v) is 4.13. The lowest BCUT2D eigenvalue weighted by Gasteiger charge is -2.34. The van der Waals surface area contributed by atoms with Gasteiger partial charge in [0.2, 0.25) is 0 Å². The van der Waals surface area contributed by atoms with E-state index in [0.717, 1.165) is 44.2 Å². The van der Waals surface area contributed by atoms with Gasteiger partial charge >= 0.3 is 12.0 Å². The van der Waals surface area contributed by atoms with E-state index in [1.807, 2.05) is 0 Å². The number of likely N-dealkylation sites (tertiary alicyclic amines) is 1. The molecule has 21 heavy (non-hydrogen) atoms. The molecule has 1 aliphatic heterocycles. The van der Waals surface area contributed by atoms with Crippen molar-refractivity contribution in [2.24, 2.45) is 0 Å². The molecule has 1 unspecified atom stereocenters. The minimum Gasteiger partial charge on any atom is -0.481 e. The number of amides is 2. The fraction of sp³-hybridized carbons (Fsp3) is 0.643. The third-order valence-corrected chi connectivity index (χ3v) is 5.18. The van der Waals surface area contributed by atoms with Crippen molar-refractivity contribution in [2.45, 2.75) is 51.0 Å². The van der Waals surface area contributed by atoms with E-state index in [2.05, 4.69) is 10.3 Å².